The van der Waals surface area contributed by atoms with E-state index in [0.29, 0.717) is 0 Å². The molecule has 3 atom stereocenters. The van der Waals surface area contributed by atoms with Gasteiger partial charge in [-0.05, 0) is 50.7 Å². The maximum Gasteiger partial charge on any atom is 0.264 e. The van der Waals surface area contributed by atoms with Gasteiger partial charge in [-0.3, -0.25) is 4.31 Å². The molecule has 0 radical (unpaired) electrons. The molecule has 0 amide bonds. The van der Waals surface area contributed by atoms with Gasteiger partial charge >= 0.3 is 0 Å². The largest absolute Gasteiger partial charge is 0.595 e. The Morgan fingerprint density at radius 1 is 1.19 bits per heavy atom. The van der Waals surface area contributed by atoms with Gasteiger partial charge in [0.15, 0.2) is 5.69 Å². The fourth-order valence-corrected chi connectivity index (χ4v) is 5.97. The number of hydrogen-bond donors (Lipinski definition) is 2. The average molecular weight is 389 g/mol. The van der Waals surface area contributed by atoms with E-state index in [-0.39, 0.29) is 22.5 Å². The molecule has 4 rings (SSSR count). The number of likely N-dealkylation sites (N-methyl/N-ethyl adjacent to an activating group) is 1. The van der Waals surface area contributed by atoms with Gasteiger partial charge in [0.05, 0.1) is 16.6 Å². The van der Waals surface area contributed by atoms with Crippen molar-refractivity contribution in [1.82, 2.24) is 4.90 Å². The van der Waals surface area contributed by atoms with Crippen LogP contribution in [0.4, 0.5) is 11.4 Å². The van der Waals surface area contributed by atoms with E-state index in [0.717, 1.165) is 36.3 Å². The summed E-state index contributed by atoms with van der Waals surface area (Å²) in [5.41, 5.74) is 3.01. The minimum Gasteiger partial charge on any atom is -0.595 e. The number of nitrogens with one attached hydrogen (secondary N) is 1. The van der Waals surface area contributed by atoms with Gasteiger partial charge in [0.25, 0.3) is 10.0 Å². The second kappa shape index (κ2) is 6.57. The minimum atomic E-state index is -3.77. The first-order valence-corrected chi connectivity index (χ1v) is 10.4. The predicted molar refractivity (Wildman–Crippen MR) is 102 cm³/mol. The molecule has 1 saturated heterocycles. The van der Waals surface area contributed by atoms with E-state index in [4.69, 9.17) is 5.21 Å². The molecule has 2 aromatic rings. The third-order valence-electron chi connectivity index (χ3n) is 5.56. The highest BCUT2D eigenvalue weighted by Gasteiger charge is 2.46. The first kappa shape index (κ1) is 18.4. The molecule has 8 heteroatoms. The number of hydrogen-bond acceptors (Lipinski definition) is 5. The number of fused-ring (bicyclic) bond motifs is 3. The molecule has 0 aliphatic carbocycles. The first-order valence-electron chi connectivity index (χ1n) is 8.96. The van der Waals surface area contributed by atoms with Crippen LogP contribution in [-0.2, 0) is 10.0 Å². The fourth-order valence-electron chi connectivity index (χ4n) is 4.23. The summed E-state index contributed by atoms with van der Waals surface area (Å²) < 4.78 is 28.5. The zero-order chi connectivity index (χ0) is 19.3. The number of likely N-dealkylation sites (tertiary alicyclic amines) is 1. The molecular weight excluding hydrogens is 366 g/mol. The zero-order valence-electron chi connectivity index (χ0n) is 15.3. The number of anilines is 1. The van der Waals surface area contributed by atoms with Crippen LogP contribution in [-0.4, -0.2) is 44.7 Å². The standard InChI is InChI=1S/C19H23N3O4S/c1-13-3-8-18-16(11-13)17-12-20(2)10-9-19(17)21(18)27(25,26)15-6-4-14(5-7-15)22(23)24/h3-8,11,17,19,22-23H,9-10,12H2,1-2H3/t17-,19-/m1/s1. The van der Waals surface area contributed by atoms with Crippen molar-refractivity contribution in [3.8, 4) is 0 Å². The van der Waals surface area contributed by atoms with E-state index in [1.54, 1.807) is 4.31 Å². The second-order valence-electron chi connectivity index (χ2n) is 7.42. The molecule has 2 heterocycles. The number of aryl methyl sites for hydroxylation is 1. The fraction of sp³-hybridized carbons (Fsp3) is 0.368. The maximum absolute atomic E-state index is 13.5. The van der Waals surface area contributed by atoms with Gasteiger partial charge in [0, 0.05) is 24.6 Å². The van der Waals surface area contributed by atoms with Crippen LogP contribution in [0, 0.1) is 12.1 Å². The van der Waals surface area contributed by atoms with Crippen LogP contribution in [0.3, 0.4) is 0 Å². The Labute approximate surface area is 159 Å². The maximum atomic E-state index is 13.5. The molecule has 0 aromatic heterocycles. The lowest BCUT2D eigenvalue weighted by Gasteiger charge is -2.36. The Morgan fingerprint density at radius 3 is 2.56 bits per heavy atom. The van der Waals surface area contributed by atoms with Gasteiger partial charge in [-0.2, -0.15) is 5.23 Å². The lowest BCUT2D eigenvalue weighted by atomic mass is 9.89. The highest BCUT2D eigenvalue weighted by Crippen LogP contribution is 2.47. The summed E-state index contributed by atoms with van der Waals surface area (Å²) in [6.07, 6.45) is 0.765. The van der Waals surface area contributed by atoms with Crippen molar-refractivity contribution in [2.45, 2.75) is 30.2 Å². The number of rotatable bonds is 3. The van der Waals surface area contributed by atoms with Crippen molar-refractivity contribution in [2.75, 3.05) is 24.4 Å². The van der Waals surface area contributed by atoms with Crippen LogP contribution in [0.5, 0.6) is 0 Å². The molecule has 2 N–H and O–H groups in total. The molecular formula is C19H23N3O4S. The summed E-state index contributed by atoms with van der Waals surface area (Å²) >= 11 is 0. The highest BCUT2D eigenvalue weighted by molar-refractivity contribution is 7.92. The number of sulfonamides is 1. The van der Waals surface area contributed by atoms with Crippen molar-refractivity contribution in [2.24, 2.45) is 0 Å². The van der Waals surface area contributed by atoms with E-state index in [1.165, 1.54) is 24.3 Å². The summed E-state index contributed by atoms with van der Waals surface area (Å²) in [5.74, 6) is 0.145. The SMILES string of the molecule is Cc1ccc2c(c1)[C@H]1CN(C)CC[C@H]1N2S(=O)(=O)c1ccc([NH+]([O-])O)cc1. The van der Waals surface area contributed by atoms with Crippen LogP contribution in [0.1, 0.15) is 23.5 Å². The summed E-state index contributed by atoms with van der Waals surface area (Å²) in [5, 5.41) is 19.1. The van der Waals surface area contributed by atoms with E-state index < -0.39 is 15.2 Å². The molecule has 27 heavy (non-hydrogen) atoms. The second-order valence-corrected chi connectivity index (χ2v) is 9.23. The van der Waals surface area contributed by atoms with Gasteiger partial charge in [-0.25, -0.2) is 13.6 Å². The monoisotopic (exact) mass is 389 g/mol. The first-order chi connectivity index (χ1) is 12.8. The number of benzene rings is 2. The predicted octanol–water partition coefficient (Wildman–Crippen LogP) is 1.40. The molecule has 1 unspecified atom stereocenters. The molecule has 0 saturated carbocycles. The van der Waals surface area contributed by atoms with E-state index in [9.17, 15) is 13.6 Å². The lowest BCUT2D eigenvalue weighted by molar-refractivity contribution is -0.991. The topological polar surface area (TPSA) is 88.4 Å². The van der Waals surface area contributed by atoms with Crippen LogP contribution in [0.15, 0.2) is 47.4 Å². The van der Waals surface area contributed by atoms with Gasteiger partial charge < -0.3 is 10.1 Å². The molecule has 2 aliphatic heterocycles. The Kier molecular flexibility index (Phi) is 4.48. The van der Waals surface area contributed by atoms with Crippen LogP contribution >= 0.6 is 0 Å². The smallest absolute Gasteiger partial charge is 0.264 e. The average Bonchev–Trinajstić information content (AvgIpc) is 2.95. The van der Waals surface area contributed by atoms with E-state index in [2.05, 4.69) is 18.0 Å². The van der Waals surface area contributed by atoms with E-state index >= 15 is 0 Å². The van der Waals surface area contributed by atoms with Crippen LogP contribution in [0.2, 0.25) is 0 Å². The normalized spacial score (nSPS) is 23.8. The summed E-state index contributed by atoms with van der Waals surface area (Å²) in [7, 11) is -1.71. The van der Waals surface area contributed by atoms with Crippen LogP contribution < -0.4 is 9.53 Å². The lowest BCUT2D eigenvalue weighted by Crippen LogP contribution is -2.99. The number of quaternary nitrogens is 1. The summed E-state index contributed by atoms with van der Waals surface area (Å²) in [4.78, 5) is 2.36. The van der Waals surface area contributed by atoms with Gasteiger partial charge in [-0.1, -0.05) is 17.7 Å². The number of nitrogens with zero attached hydrogens (tertiary/aromatic N) is 2. The minimum absolute atomic E-state index is 0.0727. The van der Waals surface area contributed by atoms with Gasteiger partial charge in [-0.15, -0.1) is 0 Å². The molecule has 2 aromatic carbocycles. The molecule has 2 aliphatic rings. The van der Waals surface area contributed by atoms with Crippen molar-refractivity contribution in [3.05, 3.63) is 58.8 Å². The Morgan fingerprint density at radius 2 is 1.89 bits per heavy atom. The zero-order valence-corrected chi connectivity index (χ0v) is 16.1. The van der Waals surface area contributed by atoms with Crippen molar-refractivity contribution < 1.29 is 18.9 Å². The molecule has 144 valence electrons. The summed E-state index contributed by atoms with van der Waals surface area (Å²) in [6, 6.07) is 11.3. The van der Waals surface area contributed by atoms with Crippen LogP contribution in [0.25, 0.3) is 0 Å². The quantitative estimate of drug-likeness (QED) is 0.775. The van der Waals surface area contributed by atoms with Gasteiger partial charge in [0.1, 0.15) is 0 Å². The molecule has 0 spiro atoms. The molecule has 1 fully saturated rings. The van der Waals surface area contributed by atoms with Crippen molar-refractivity contribution in [3.63, 3.8) is 0 Å². The summed E-state index contributed by atoms with van der Waals surface area (Å²) in [6.45, 7) is 3.69. The third kappa shape index (κ3) is 3.03. The highest BCUT2D eigenvalue weighted by atomic mass is 32.2. The van der Waals surface area contributed by atoms with Gasteiger partial charge in [0.2, 0.25) is 0 Å². The van der Waals surface area contributed by atoms with E-state index in [1.807, 2.05) is 19.1 Å². The third-order valence-corrected chi connectivity index (χ3v) is 7.41. The Bertz CT molecular complexity index is 959. The van der Waals surface area contributed by atoms with Crippen molar-refractivity contribution >= 4 is 21.4 Å². The Hall–Kier alpha value is -1.97. The molecule has 7 nitrogen and oxygen atoms in total. The Balaban J connectivity index is 1.80. The van der Waals surface area contributed by atoms with Crippen molar-refractivity contribution in [1.29, 1.82) is 0 Å². The number of piperidine rings is 1. The molecule has 0 bridgehead atoms.